The third kappa shape index (κ3) is 3.42. The molecule has 1 aromatic heterocycles. The highest BCUT2D eigenvalue weighted by Gasteiger charge is 2.19. The first-order chi connectivity index (χ1) is 13.6. The van der Waals surface area contributed by atoms with Gasteiger partial charge >= 0.3 is 0 Å². The highest BCUT2D eigenvalue weighted by Crippen LogP contribution is 2.23. The minimum absolute atomic E-state index is 0.0110. The van der Waals surface area contributed by atoms with Crippen molar-refractivity contribution in [3.63, 3.8) is 0 Å². The molecule has 28 heavy (non-hydrogen) atoms. The summed E-state index contributed by atoms with van der Waals surface area (Å²) in [6, 6.07) is 12.4. The number of amides is 1. The average Bonchev–Trinajstić information content (AvgIpc) is 2.94. The number of carbonyl (C=O) groups excluding carboxylic acids is 1. The normalized spacial score (nSPS) is 13.8. The van der Waals surface area contributed by atoms with Crippen LogP contribution in [0.5, 0.6) is 0 Å². The Balaban J connectivity index is 1.76. The van der Waals surface area contributed by atoms with Crippen LogP contribution in [0.15, 0.2) is 47.3 Å². The summed E-state index contributed by atoms with van der Waals surface area (Å²) in [5, 5.41) is 1.15. The summed E-state index contributed by atoms with van der Waals surface area (Å²) in [6.45, 7) is 3.15. The Morgan fingerprint density at radius 3 is 2.82 bits per heavy atom. The van der Waals surface area contributed by atoms with E-state index in [0.29, 0.717) is 28.0 Å². The highest BCUT2D eigenvalue weighted by atomic mass is 35.5. The Labute approximate surface area is 168 Å². The van der Waals surface area contributed by atoms with Crippen LogP contribution in [0, 0.1) is 0 Å². The van der Waals surface area contributed by atoms with E-state index in [1.165, 1.54) is 0 Å². The van der Waals surface area contributed by atoms with Gasteiger partial charge in [0, 0.05) is 35.8 Å². The van der Waals surface area contributed by atoms with Crippen molar-refractivity contribution in [1.29, 1.82) is 0 Å². The lowest BCUT2D eigenvalue weighted by Crippen LogP contribution is -2.31. The van der Waals surface area contributed by atoms with E-state index >= 15 is 0 Å². The van der Waals surface area contributed by atoms with Crippen LogP contribution in [0.4, 0.5) is 5.69 Å². The zero-order valence-corrected chi connectivity index (χ0v) is 16.6. The lowest BCUT2D eigenvalue weighted by atomic mass is 10.1. The molecule has 0 aliphatic carbocycles. The summed E-state index contributed by atoms with van der Waals surface area (Å²) >= 11 is 6.09. The molecular weight excluding hydrogens is 374 g/mol. The second-order valence-corrected chi connectivity index (χ2v) is 7.49. The molecule has 2 aromatic carbocycles. The van der Waals surface area contributed by atoms with Crippen LogP contribution in [-0.2, 0) is 13.0 Å². The molecule has 2 heterocycles. The Hall–Kier alpha value is -2.66. The lowest BCUT2D eigenvalue weighted by Gasteiger charge is -2.21. The molecule has 0 N–H and O–H groups in total. The van der Waals surface area contributed by atoms with Crippen molar-refractivity contribution in [3.05, 3.63) is 69.2 Å². The van der Waals surface area contributed by atoms with Gasteiger partial charge in [0.2, 0.25) is 0 Å². The maximum atomic E-state index is 13.1. The Kier molecular flexibility index (Phi) is 5.18. The molecule has 0 spiro atoms. The smallest absolute Gasteiger partial charge is 0.261 e. The van der Waals surface area contributed by atoms with Gasteiger partial charge < -0.3 is 4.90 Å². The van der Waals surface area contributed by atoms with Gasteiger partial charge in [-0.25, -0.2) is 4.98 Å². The molecule has 0 radical (unpaired) electrons. The molecule has 4 rings (SSSR count). The number of aromatic nitrogens is 2. The van der Waals surface area contributed by atoms with E-state index in [1.807, 2.05) is 19.1 Å². The molecule has 0 saturated carbocycles. The summed E-state index contributed by atoms with van der Waals surface area (Å²) in [7, 11) is 0. The Morgan fingerprint density at radius 1 is 1.18 bits per heavy atom. The highest BCUT2D eigenvalue weighted by molar-refractivity contribution is 6.31. The number of benzene rings is 2. The summed E-state index contributed by atoms with van der Waals surface area (Å²) in [6.07, 6.45) is 3.94. The van der Waals surface area contributed by atoms with Crippen LogP contribution in [0.1, 0.15) is 42.4 Å². The minimum Gasteiger partial charge on any atom is -0.309 e. The first-order valence-electron chi connectivity index (χ1n) is 9.69. The van der Waals surface area contributed by atoms with Gasteiger partial charge in [-0.2, -0.15) is 0 Å². The third-order valence-electron chi connectivity index (χ3n) is 5.24. The molecule has 0 bridgehead atoms. The zero-order valence-electron chi connectivity index (χ0n) is 15.8. The molecule has 144 valence electrons. The molecule has 3 aromatic rings. The predicted octanol–water partition coefficient (Wildman–Crippen LogP) is 4.44. The van der Waals surface area contributed by atoms with Crippen molar-refractivity contribution in [2.24, 2.45) is 0 Å². The van der Waals surface area contributed by atoms with E-state index in [9.17, 15) is 9.59 Å². The number of aryl methyl sites for hydroxylation is 1. The van der Waals surface area contributed by atoms with Crippen molar-refractivity contribution in [2.45, 2.75) is 39.2 Å². The second-order valence-electron chi connectivity index (χ2n) is 7.06. The van der Waals surface area contributed by atoms with Gasteiger partial charge in [0.1, 0.15) is 5.82 Å². The van der Waals surface area contributed by atoms with E-state index in [1.54, 1.807) is 39.8 Å². The van der Waals surface area contributed by atoms with Gasteiger partial charge in [-0.3, -0.25) is 14.2 Å². The molecule has 5 nitrogen and oxygen atoms in total. The predicted molar refractivity (Wildman–Crippen MR) is 112 cm³/mol. The van der Waals surface area contributed by atoms with E-state index in [4.69, 9.17) is 16.6 Å². The van der Waals surface area contributed by atoms with E-state index < -0.39 is 0 Å². The summed E-state index contributed by atoms with van der Waals surface area (Å²) < 4.78 is 1.79. The fraction of sp³-hybridized carbons (Fsp3) is 0.318. The number of hydrogen-bond donors (Lipinski definition) is 0. The summed E-state index contributed by atoms with van der Waals surface area (Å²) in [5.41, 5.74) is 1.84. The van der Waals surface area contributed by atoms with Crippen LogP contribution in [0.3, 0.4) is 0 Å². The Morgan fingerprint density at radius 2 is 2.04 bits per heavy atom. The van der Waals surface area contributed by atoms with E-state index in [-0.39, 0.29) is 11.5 Å². The van der Waals surface area contributed by atoms with Crippen LogP contribution in [-0.4, -0.2) is 22.0 Å². The number of anilines is 1. The molecule has 0 saturated heterocycles. The number of fused-ring (bicyclic) bond motifs is 2. The quantitative estimate of drug-likeness (QED) is 0.658. The molecule has 0 unspecified atom stereocenters. The third-order valence-corrected chi connectivity index (χ3v) is 5.48. The standard InChI is InChI=1S/C22H22ClN3O2/c1-2-25(17-8-6-7-16(23)14-17)21(27)15-10-11-18-19(13-15)24-20-9-4-3-5-12-26(20)22(18)28/h6-8,10-11,13-14H,2-5,9,12H2,1H3. The second kappa shape index (κ2) is 7.76. The largest absolute Gasteiger partial charge is 0.309 e. The van der Waals surface area contributed by atoms with E-state index in [0.717, 1.165) is 43.7 Å². The fourth-order valence-corrected chi connectivity index (χ4v) is 3.98. The first kappa shape index (κ1) is 18.7. The lowest BCUT2D eigenvalue weighted by molar-refractivity contribution is 0.0988. The van der Waals surface area contributed by atoms with Crippen molar-refractivity contribution in [1.82, 2.24) is 9.55 Å². The van der Waals surface area contributed by atoms with Crippen LogP contribution in [0.25, 0.3) is 10.9 Å². The molecule has 1 amide bonds. The molecular formula is C22H22ClN3O2. The van der Waals surface area contributed by atoms with E-state index in [2.05, 4.69) is 0 Å². The summed E-state index contributed by atoms with van der Waals surface area (Å²) in [5.74, 6) is 0.685. The maximum Gasteiger partial charge on any atom is 0.261 e. The number of nitrogens with zero attached hydrogens (tertiary/aromatic N) is 3. The molecule has 6 heteroatoms. The van der Waals surface area contributed by atoms with Gasteiger partial charge in [-0.15, -0.1) is 0 Å². The monoisotopic (exact) mass is 395 g/mol. The number of halogens is 1. The first-order valence-corrected chi connectivity index (χ1v) is 10.1. The van der Waals surface area contributed by atoms with Crippen LogP contribution < -0.4 is 10.5 Å². The molecule has 1 aliphatic heterocycles. The van der Waals surface area contributed by atoms with Crippen molar-refractivity contribution >= 4 is 34.1 Å². The van der Waals surface area contributed by atoms with Crippen LogP contribution >= 0.6 is 11.6 Å². The van der Waals surface area contributed by atoms with Gasteiger partial charge in [0.15, 0.2) is 0 Å². The van der Waals surface area contributed by atoms with Crippen molar-refractivity contribution < 1.29 is 4.79 Å². The fourth-order valence-electron chi connectivity index (χ4n) is 3.79. The topological polar surface area (TPSA) is 55.2 Å². The average molecular weight is 396 g/mol. The van der Waals surface area contributed by atoms with Crippen LogP contribution in [0.2, 0.25) is 5.02 Å². The SMILES string of the molecule is CCN(C(=O)c1ccc2c(=O)n3c(nc2c1)CCCCC3)c1cccc(Cl)c1. The molecule has 0 fully saturated rings. The van der Waals surface area contributed by atoms with Crippen molar-refractivity contribution in [2.75, 3.05) is 11.4 Å². The van der Waals surface area contributed by atoms with Gasteiger partial charge in [0.05, 0.1) is 10.9 Å². The van der Waals surface area contributed by atoms with Gasteiger partial charge in [0.25, 0.3) is 11.5 Å². The number of hydrogen-bond acceptors (Lipinski definition) is 3. The molecule has 0 atom stereocenters. The Bertz CT molecular complexity index is 1110. The minimum atomic E-state index is -0.136. The zero-order chi connectivity index (χ0) is 19.7. The van der Waals surface area contributed by atoms with Gasteiger partial charge in [-0.05, 0) is 56.2 Å². The summed E-state index contributed by atoms with van der Waals surface area (Å²) in [4.78, 5) is 32.4. The van der Waals surface area contributed by atoms with Crippen molar-refractivity contribution in [3.8, 4) is 0 Å². The maximum absolute atomic E-state index is 13.1. The van der Waals surface area contributed by atoms with Gasteiger partial charge in [-0.1, -0.05) is 24.1 Å². The number of carbonyl (C=O) groups is 1. The number of rotatable bonds is 3. The molecule has 1 aliphatic rings.